The van der Waals surface area contributed by atoms with Gasteiger partial charge in [-0.25, -0.2) is 0 Å². The number of nitro groups is 1. The van der Waals surface area contributed by atoms with Gasteiger partial charge >= 0.3 is 0 Å². The van der Waals surface area contributed by atoms with E-state index in [1.807, 2.05) is 6.92 Å². The summed E-state index contributed by atoms with van der Waals surface area (Å²) in [7, 11) is 0. The number of hydrogen-bond donors (Lipinski definition) is 1. The highest BCUT2D eigenvalue weighted by Crippen LogP contribution is 2.25. The number of non-ortho nitro benzene ring substituents is 1. The molecule has 1 saturated heterocycles. The Bertz CT molecular complexity index is 523. The molecule has 19 heavy (non-hydrogen) atoms. The summed E-state index contributed by atoms with van der Waals surface area (Å²) in [4.78, 5) is 22.2. The van der Waals surface area contributed by atoms with E-state index in [1.165, 1.54) is 12.1 Å². The third kappa shape index (κ3) is 3.08. The van der Waals surface area contributed by atoms with Crippen molar-refractivity contribution in [2.75, 3.05) is 19.8 Å². The number of ether oxygens (including phenoxy) is 1. The molecule has 1 aromatic rings. The number of nitrogens with one attached hydrogen (secondary N) is 1. The van der Waals surface area contributed by atoms with E-state index in [9.17, 15) is 14.9 Å². The maximum absolute atomic E-state index is 12.0. The molecule has 1 heterocycles. The summed E-state index contributed by atoms with van der Waals surface area (Å²) < 4.78 is 5.10. The van der Waals surface area contributed by atoms with Crippen LogP contribution in [-0.4, -0.2) is 30.6 Å². The number of carbonyl (C=O) groups excluding carboxylic acids is 1. The molecule has 102 valence electrons. The minimum absolute atomic E-state index is 0.0224. The Balaban J connectivity index is 2.08. The Morgan fingerprint density at radius 2 is 2.16 bits per heavy atom. The van der Waals surface area contributed by atoms with Crippen LogP contribution in [0.25, 0.3) is 0 Å². The van der Waals surface area contributed by atoms with Gasteiger partial charge < -0.3 is 10.1 Å². The van der Waals surface area contributed by atoms with Gasteiger partial charge in [0.1, 0.15) is 0 Å². The molecule has 0 spiro atoms. The average molecular weight is 264 g/mol. The molecule has 1 fully saturated rings. The van der Waals surface area contributed by atoms with Crippen LogP contribution in [0.3, 0.4) is 0 Å². The normalized spacial score (nSPS) is 16.5. The SMILES string of the molecule is Cc1cc(C(=O)NCC2(C)COC2)cc([N+](=O)[O-])c1. The Kier molecular flexibility index (Phi) is 3.53. The van der Waals surface area contributed by atoms with Crippen molar-refractivity contribution in [3.8, 4) is 0 Å². The standard InChI is InChI=1S/C13H16N2O4/c1-9-3-10(5-11(4-9)15(17)18)12(16)14-6-13(2)7-19-8-13/h3-5H,6-8H2,1-2H3,(H,14,16). The molecule has 0 atom stereocenters. The van der Waals surface area contributed by atoms with Crippen LogP contribution in [-0.2, 0) is 4.74 Å². The highest BCUT2D eigenvalue weighted by Gasteiger charge is 2.33. The highest BCUT2D eigenvalue weighted by atomic mass is 16.6. The summed E-state index contributed by atoms with van der Waals surface area (Å²) >= 11 is 0. The van der Waals surface area contributed by atoms with Gasteiger partial charge in [0.25, 0.3) is 11.6 Å². The van der Waals surface area contributed by atoms with Crippen molar-refractivity contribution in [2.45, 2.75) is 13.8 Å². The smallest absolute Gasteiger partial charge is 0.270 e. The summed E-state index contributed by atoms with van der Waals surface area (Å²) in [5.41, 5.74) is 0.919. The van der Waals surface area contributed by atoms with E-state index in [0.29, 0.717) is 30.9 Å². The van der Waals surface area contributed by atoms with E-state index in [1.54, 1.807) is 13.0 Å². The lowest BCUT2D eigenvalue weighted by atomic mass is 9.88. The Morgan fingerprint density at radius 3 is 2.68 bits per heavy atom. The zero-order chi connectivity index (χ0) is 14.0. The molecule has 1 amide bonds. The van der Waals surface area contributed by atoms with Gasteiger partial charge in [-0.3, -0.25) is 14.9 Å². The quantitative estimate of drug-likeness (QED) is 0.662. The predicted molar refractivity (Wildman–Crippen MR) is 69.1 cm³/mol. The number of aryl methyl sites for hydroxylation is 1. The number of amides is 1. The lowest BCUT2D eigenvalue weighted by Crippen LogP contribution is -2.48. The van der Waals surface area contributed by atoms with Gasteiger partial charge in [0.05, 0.1) is 18.1 Å². The summed E-state index contributed by atoms with van der Waals surface area (Å²) in [6, 6.07) is 4.38. The number of carbonyl (C=O) groups is 1. The van der Waals surface area contributed by atoms with E-state index in [4.69, 9.17) is 4.74 Å². The molecule has 1 N–H and O–H groups in total. The summed E-state index contributed by atoms with van der Waals surface area (Å²) in [6.07, 6.45) is 0. The van der Waals surface area contributed by atoms with Crippen LogP contribution >= 0.6 is 0 Å². The number of hydrogen-bond acceptors (Lipinski definition) is 4. The molecule has 0 saturated carbocycles. The van der Waals surface area contributed by atoms with Crippen LogP contribution in [0.5, 0.6) is 0 Å². The van der Waals surface area contributed by atoms with Crippen LogP contribution in [0.1, 0.15) is 22.8 Å². The van der Waals surface area contributed by atoms with Crippen molar-refractivity contribution in [2.24, 2.45) is 5.41 Å². The zero-order valence-corrected chi connectivity index (χ0v) is 10.9. The van der Waals surface area contributed by atoms with Crippen LogP contribution in [0.4, 0.5) is 5.69 Å². The Hall–Kier alpha value is -1.95. The first-order chi connectivity index (χ1) is 8.89. The number of nitro benzene ring substituents is 1. The van der Waals surface area contributed by atoms with Crippen molar-refractivity contribution >= 4 is 11.6 Å². The number of nitrogens with zero attached hydrogens (tertiary/aromatic N) is 1. The van der Waals surface area contributed by atoms with Gasteiger partial charge in [-0.1, -0.05) is 6.92 Å². The highest BCUT2D eigenvalue weighted by molar-refractivity contribution is 5.95. The summed E-state index contributed by atoms with van der Waals surface area (Å²) in [5.74, 6) is -0.292. The van der Waals surface area contributed by atoms with E-state index in [-0.39, 0.29) is 17.0 Å². The Labute approximate surface area is 110 Å². The number of benzene rings is 1. The van der Waals surface area contributed by atoms with E-state index < -0.39 is 4.92 Å². The van der Waals surface area contributed by atoms with Gasteiger partial charge in [0.15, 0.2) is 0 Å². The molecule has 0 bridgehead atoms. The summed E-state index contributed by atoms with van der Waals surface area (Å²) in [6.45, 7) is 5.51. The number of rotatable bonds is 4. The van der Waals surface area contributed by atoms with Crippen LogP contribution in [0, 0.1) is 22.5 Å². The molecular formula is C13H16N2O4. The lowest BCUT2D eigenvalue weighted by Gasteiger charge is -2.38. The molecule has 1 aromatic carbocycles. The topological polar surface area (TPSA) is 81.5 Å². The van der Waals surface area contributed by atoms with E-state index in [0.717, 1.165) is 0 Å². The third-order valence-corrected chi connectivity index (χ3v) is 3.11. The first kappa shape index (κ1) is 13.5. The second-order valence-electron chi connectivity index (χ2n) is 5.30. The average Bonchev–Trinajstić information content (AvgIpc) is 2.32. The maximum Gasteiger partial charge on any atom is 0.270 e. The van der Waals surface area contributed by atoms with Gasteiger partial charge in [-0.2, -0.15) is 0 Å². The molecule has 1 aliphatic rings. The van der Waals surface area contributed by atoms with Gasteiger partial charge in [0.2, 0.25) is 0 Å². The molecule has 0 unspecified atom stereocenters. The third-order valence-electron chi connectivity index (χ3n) is 3.11. The van der Waals surface area contributed by atoms with Crippen molar-refractivity contribution < 1.29 is 14.5 Å². The van der Waals surface area contributed by atoms with Crippen molar-refractivity contribution in [1.82, 2.24) is 5.32 Å². The molecule has 6 heteroatoms. The van der Waals surface area contributed by atoms with Crippen molar-refractivity contribution in [1.29, 1.82) is 0 Å². The van der Waals surface area contributed by atoms with Gasteiger partial charge in [-0.05, 0) is 18.6 Å². The second kappa shape index (κ2) is 4.97. The van der Waals surface area contributed by atoms with E-state index in [2.05, 4.69) is 5.32 Å². The maximum atomic E-state index is 12.0. The molecule has 0 aliphatic carbocycles. The predicted octanol–water partition coefficient (Wildman–Crippen LogP) is 1.67. The molecule has 1 aliphatic heterocycles. The van der Waals surface area contributed by atoms with Crippen LogP contribution < -0.4 is 5.32 Å². The second-order valence-corrected chi connectivity index (χ2v) is 5.30. The first-order valence-electron chi connectivity index (χ1n) is 6.02. The minimum atomic E-state index is -0.495. The molecular weight excluding hydrogens is 248 g/mol. The first-order valence-corrected chi connectivity index (χ1v) is 6.02. The van der Waals surface area contributed by atoms with E-state index >= 15 is 0 Å². The van der Waals surface area contributed by atoms with Crippen LogP contribution in [0.2, 0.25) is 0 Å². The van der Waals surface area contributed by atoms with Crippen molar-refractivity contribution in [3.63, 3.8) is 0 Å². The fourth-order valence-corrected chi connectivity index (χ4v) is 1.95. The molecule has 2 rings (SSSR count). The lowest BCUT2D eigenvalue weighted by molar-refractivity contribution is -0.384. The Morgan fingerprint density at radius 1 is 1.47 bits per heavy atom. The zero-order valence-electron chi connectivity index (χ0n) is 10.9. The fraction of sp³-hybridized carbons (Fsp3) is 0.462. The van der Waals surface area contributed by atoms with Crippen molar-refractivity contribution in [3.05, 3.63) is 39.4 Å². The van der Waals surface area contributed by atoms with Gasteiger partial charge in [-0.15, -0.1) is 0 Å². The summed E-state index contributed by atoms with van der Waals surface area (Å²) in [5, 5.41) is 13.6. The largest absolute Gasteiger partial charge is 0.380 e. The monoisotopic (exact) mass is 264 g/mol. The van der Waals surface area contributed by atoms with Gasteiger partial charge in [0, 0.05) is 29.7 Å². The minimum Gasteiger partial charge on any atom is -0.380 e. The molecule has 0 radical (unpaired) electrons. The molecule has 6 nitrogen and oxygen atoms in total. The van der Waals surface area contributed by atoms with Crippen LogP contribution in [0.15, 0.2) is 18.2 Å². The molecule has 0 aromatic heterocycles. The fourth-order valence-electron chi connectivity index (χ4n) is 1.95.